The summed E-state index contributed by atoms with van der Waals surface area (Å²) in [4.78, 5) is 29.6. The first-order chi connectivity index (χ1) is 19.7. The lowest BCUT2D eigenvalue weighted by Gasteiger charge is -2.34. The van der Waals surface area contributed by atoms with Gasteiger partial charge in [-0.2, -0.15) is 0 Å². The van der Waals surface area contributed by atoms with Crippen molar-refractivity contribution in [3.05, 3.63) is 95.6 Å². The molecule has 3 aromatic rings. The van der Waals surface area contributed by atoms with Crippen molar-refractivity contribution in [3.63, 3.8) is 0 Å². The minimum Gasteiger partial charge on any atom is -0.497 e. The van der Waals surface area contributed by atoms with E-state index in [2.05, 4.69) is 5.32 Å². The normalized spacial score (nSPS) is 14.3. The van der Waals surface area contributed by atoms with Crippen LogP contribution in [0.25, 0.3) is 0 Å². The molecule has 8 nitrogen and oxygen atoms in total. The van der Waals surface area contributed by atoms with Gasteiger partial charge in [-0.3, -0.25) is 13.9 Å². The van der Waals surface area contributed by atoms with Crippen LogP contribution in [0.1, 0.15) is 42.4 Å². The van der Waals surface area contributed by atoms with Gasteiger partial charge in [0.25, 0.3) is 0 Å². The molecular weight excluding hydrogens is 538 g/mol. The third kappa shape index (κ3) is 8.10. The zero-order valence-corrected chi connectivity index (χ0v) is 24.8. The Kier molecular flexibility index (Phi) is 10.0. The Morgan fingerprint density at radius 1 is 0.951 bits per heavy atom. The van der Waals surface area contributed by atoms with Crippen LogP contribution >= 0.6 is 0 Å². The van der Waals surface area contributed by atoms with Gasteiger partial charge in [0.05, 0.1) is 19.1 Å². The highest BCUT2D eigenvalue weighted by molar-refractivity contribution is 7.92. The number of aryl methyl sites for hydroxylation is 1. The molecule has 2 amide bonds. The van der Waals surface area contributed by atoms with Gasteiger partial charge in [0.2, 0.25) is 21.8 Å². The van der Waals surface area contributed by atoms with Crippen molar-refractivity contribution in [2.24, 2.45) is 0 Å². The monoisotopic (exact) mass is 577 g/mol. The number of carbonyl (C=O) groups is 2. The van der Waals surface area contributed by atoms with Gasteiger partial charge in [-0.25, -0.2) is 8.42 Å². The van der Waals surface area contributed by atoms with E-state index in [1.54, 1.807) is 29.2 Å². The first-order valence-corrected chi connectivity index (χ1v) is 15.8. The van der Waals surface area contributed by atoms with Crippen molar-refractivity contribution < 1.29 is 22.7 Å². The van der Waals surface area contributed by atoms with Gasteiger partial charge in [-0.05, 0) is 60.7 Å². The summed E-state index contributed by atoms with van der Waals surface area (Å²) < 4.78 is 32.1. The van der Waals surface area contributed by atoms with Crippen LogP contribution in [-0.4, -0.2) is 57.1 Å². The summed E-state index contributed by atoms with van der Waals surface area (Å²) in [5, 5.41) is 3.18. The average Bonchev–Trinajstić information content (AvgIpc) is 3.47. The van der Waals surface area contributed by atoms with Crippen molar-refractivity contribution >= 4 is 27.5 Å². The SMILES string of the molecule is COc1ccc(N(CC(=O)N(Cc2ccccc2C)[C@@H](Cc2ccccc2)C(=O)NC2CCCC2)S(C)(=O)=O)cc1. The molecular formula is C32H39N3O5S. The minimum absolute atomic E-state index is 0.0722. The number of amides is 2. The molecule has 1 atom stereocenters. The van der Waals surface area contributed by atoms with Gasteiger partial charge in [0.1, 0.15) is 18.3 Å². The number of hydrogen-bond donors (Lipinski definition) is 1. The number of rotatable bonds is 12. The topological polar surface area (TPSA) is 96.0 Å². The Labute approximate surface area is 243 Å². The number of anilines is 1. The Morgan fingerprint density at radius 2 is 1.59 bits per heavy atom. The van der Waals surface area contributed by atoms with E-state index < -0.39 is 28.5 Å². The summed E-state index contributed by atoms with van der Waals surface area (Å²) in [6, 6.07) is 23.1. The van der Waals surface area contributed by atoms with Crippen LogP contribution in [0, 0.1) is 6.92 Å². The molecule has 218 valence electrons. The Morgan fingerprint density at radius 3 is 2.20 bits per heavy atom. The van der Waals surface area contributed by atoms with E-state index in [0.29, 0.717) is 17.9 Å². The predicted molar refractivity (Wildman–Crippen MR) is 161 cm³/mol. The fourth-order valence-corrected chi connectivity index (χ4v) is 6.10. The van der Waals surface area contributed by atoms with E-state index in [1.807, 2.05) is 61.5 Å². The fraction of sp³-hybridized carbons (Fsp3) is 0.375. The summed E-state index contributed by atoms with van der Waals surface area (Å²) >= 11 is 0. The molecule has 0 aliphatic heterocycles. The molecule has 9 heteroatoms. The first-order valence-electron chi connectivity index (χ1n) is 14.0. The van der Waals surface area contributed by atoms with Crippen LogP contribution in [0.2, 0.25) is 0 Å². The zero-order chi connectivity index (χ0) is 29.4. The second-order valence-electron chi connectivity index (χ2n) is 10.6. The Hall–Kier alpha value is -3.85. The van der Waals surface area contributed by atoms with E-state index in [1.165, 1.54) is 7.11 Å². The standard InChI is InChI=1S/C32H39N3O5S/c1-24-11-7-8-14-26(24)22-34(31(36)23-35(41(3,38)39)28-17-19-29(40-2)20-18-28)30(21-25-12-5-4-6-13-25)32(37)33-27-15-9-10-16-27/h4-8,11-14,17-20,27,30H,9-10,15-16,21-23H2,1-3H3,(H,33,37)/t30-/m0/s1. The van der Waals surface area contributed by atoms with Crippen LogP contribution in [0.3, 0.4) is 0 Å². The maximum atomic E-state index is 14.2. The minimum atomic E-state index is -3.83. The molecule has 0 aromatic heterocycles. The van der Waals surface area contributed by atoms with Crippen molar-refractivity contribution in [3.8, 4) is 5.75 Å². The third-order valence-corrected chi connectivity index (χ3v) is 8.75. The second-order valence-corrected chi connectivity index (χ2v) is 12.5. The van der Waals surface area contributed by atoms with Crippen molar-refractivity contribution in [1.82, 2.24) is 10.2 Å². The molecule has 4 rings (SSSR count). The molecule has 1 aliphatic rings. The van der Waals surface area contributed by atoms with Gasteiger partial charge in [-0.15, -0.1) is 0 Å². The molecule has 1 fully saturated rings. The number of carbonyl (C=O) groups excluding carboxylic acids is 2. The highest BCUT2D eigenvalue weighted by Gasteiger charge is 2.34. The van der Waals surface area contributed by atoms with E-state index in [4.69, 9.17) is 4.74 Å². The molecule has 0 unspecified atom stereocenters. The lowest BCUT2D eigenvalue weighted by molar-refractivity contribution is -0.140. The van der Waals surface area contributed by atoms with Gasteiger partial charge in [0.15, 0.2) is 0 Å². The summed E-state index contributed by atoms with van der Waals surface area (Å²) in [5.41, 5.74) is 3.13. The summed E-state index contributed by atoms with van der Waals surface area (Å²) in [6.45, 7) is 1.68. The molecule has 41 heavy (non-hydrogen) atoms. The summed E-state index contributed by atoms with van der Waals surface area (Å²) in [6.07, 6.45) is 5.32. The smallest absolute Gasteiger partial charge is 0.244 e. The average molecular weight is 578 g/mol. The highest BCUT2D eigenvalue weighted by atomic mass is 32.2. The van der Waals surface area contributed by atoms with E-state index in [-0.39, 0.29) is 18.5 Å². The number of ether oxygens (including phenoxy) is 1. The van der Waals surface area contributed by atoms with Crippen molar-refractivity contribution in [2.75, 3.05) is 24.2 Å². The summed E-state index contributed by atoms with van der Waals surface area (Å²) in [5.74, 6) is -0.115. The van der Waals surface area contributed by atoms with E-state index in [0.717, 1.165) is 52.9 Å². The zero-order valence-electron chi connectivity index (χ0n) is 24.0. The van der Waals surface area contributed by atoms with Crippen LogP contribution < -0.4 is 14.4 Å². The van der Waals surface area contributed by atoms with Crippen molar-refractivity contribution in [2.45, 2.75) is 57.7 Å². The summed E-state index contributed by atoms with van der Waals surface area (Å²) in [7, 11) is -2.30. The van der Waals surface area contributed by atoms with Crippen LogP contribution in [0.4, 0.5) is 5.69 Å². The molecule has 3 aromatic carbocycles. The largest absolute Gasteiger partial charge is 0.497 e. The van der Waals surface area contributed by atoms with Crippen LogP contribution in [0.15, 0.2) is 78.9 Å². The molecule has 1 N–H and O–H groups in total. The van der Waals surface area contributed by atoms with Gasteiger partial charge < -0.3 is 15.0 Å². The maximum absolute atomic E-state index is 14.2. The van der Waals surface area contributed by atoms with Gasteiger partial charge in [0, 0.05) is 19.0 Å². The molecule has 0 radical (unpaired) electrons. The Balaban J connectivity index is 1.72. The van der Waals surface area contributed by atoms with E-state index in [9.17, 15) is 18.0 Å². The molecule has 0 heterocycles. The first kappa shape index (κ1) is 30.1. The van der Waals surface area contributed by atoms with Crippen molar-refractivity contribution in [1.29, 1.82) is 0 Å². The quantitative estimate of drug-likeness (QED) is 0.343. The number of sulfonamides is 1. The lowest BCUT2D eigenvalue weighted by Crippen LogP contribution is -2.54. The third-order valence-electron chi connectivity index (χ3n) is 7.61. The number of nitrogens with one attached hydrogen (secondary N) is 1. The van der Waals surface area contributed by atoms with Crippen LogP contribution in [-0.2, 0) is 32.6 Å². The molecule has 1 saturated carbocycles. The number of methoxy groups -OCH3 is 1. The maximum Gasteiger partial charge on any atom is 0.244 e. The molecule has 0 bridgehead atoms. The molecule has 0 spiro atoms. The van der Waals surface area contributed by atoms with E-state index >= 15 is 0 Å². The highest BCUT2D eigenvalue weighted by Crippen LogP contribution is 2.24. The fourth-order valence-electron chi connectivity index (χ4n) is 5.25. The molecule has 1 aliphatic carbocycles. The lowest BCUT2D eigenvalue weighted by atomic mass is 10.0. The van der Waals surface area contributed by atoms with Gasteiger partial charge in [-0.1, -0.05) is 67.4 Å². The predicted octanol–water partition coefficient (Wildman–Crippen LogP) is 4.47. The van der Waals surface area contributed by atoms with Gasteiger partial charge >= 0.3 is 0 Å². The number of hydrogen-bond acceptors (Lipinski definition) is 5. The number of nitrogens with zero attached hydrogens (tertiary/aromatic N) is 2. The number of benzene rings is 3. The van der Waals surface area contributed by atoms with Crippen LogP contribution in [0.5, 0.6) is 5.75 Å². The molecule has 0 saturated heterocycles. The second kappa shape index (κ2) is 13.7. The Bertz CT molecular complexity index is 1420.